The summed E-state index contributed by atoms with van der Waals surface area (Å²) in [6.07, 6.45) is 1.67. The molecule has 2 aromatic heterocycles. The fourth-order valence-electron chi connectivity index (χ4n) is 2.32. The van der Waals surface area contributed by atoms with Gasteiger partial charge in [-0.05, 0) is 30.9 Å². The number of thiophene rings is 1. The van der Waals surface area contributed by atoms with Crippen LogP contribution in [-0.2, 0) is 11.3 Å². The van der Waals surface area contributed by atoms with E-state index in [2.05, 4.69) is 20.7 Å². The maximum atomic E-state index is 12.0. The molecule has 0 saturated heterocycles. The zero-order chi connectivity index (χ0) is 18.4. The maximum Gasteiger partial charge on any atom is 0.250 e. The average molecular weight is 386 g/mol. The zero-order valence-corrected chi connectivity index (χ0v) is 16.2. The summed E-state index contributed by atoms with van der Waals surface area (Å²) in [5.74, 6) is 0.864. The number of carbonyl (C=O) groups is 1. The van der Waals surface area contributed by atoms with Crippen molar-refractivity contribution in [2.75, 3.05) is 5.75 Å². The molecule has 3 aromatic rings. The van der Waals surface area contributed by atoms with Gasteiger partial charge in [0.25, 0.3) is 5.91 Å². The lowest BCUT2D eigenvalue weighted by Gasteiger charge is -2.06. The second-order valence-corrected chi connectivity index (χ2v) is 7.36. The number of carbonyl (C=O) groups excluding carboxylic acids is 1. The molecule has 0 unspecified atom stereocenters. The Balaban J connectivity index is 1.59. The van der Waals surface area contributed by atoms with E-state index in [1.54, 1.807) is 17.6 Å². The van der Waals surface area contributed by atoms with E-state index in [4.69, 9.17) is 0 Å². The molecular formula is C18H19N5OS2. The third kappa shape index (κ3) is 4.39. The summed E-state index contributed by atoms with van der Waals surface area (Å²) in [4.78, 5) is 13.0. The summed E-state index contributed by atoms with van der Waals surface area (Å²) in [6.45, 7) is 4.78. The molecule has 8 heteroatoms. The number of hydrogen-bond donors (Lipinski definition) is 1. The van der Waals surface area contributed by atoms with E-state index in [0.29, 0.717) is 0 Å². The van der Waals surface area contributed by atoms with Crippen molar-refractivity contribution < 1.29 is 4.79 Å². The highest BCUT2D eigenvalue weighted by Crippen LogP contribution is 2.23. The summed E-state index contributed by atoms with van der Waals surface area (Å²) in [5, 5.41) is 15.2. The van der Waals surface area contributed by atoms with E-state index in [0.717, 1.165) is 33.5 Å². The first-order chi connectivity index (χ1) is 12.7. The normalized spacial score (nSPS) is 11.2. The first-order valence-corrected chi connectivity index (χ1v) is 10.0. The lowest BCUT2D eigenvalue weighted by Crippen LogP contribution is -2.20. The molecular weight excluding hydrogens is 366 g/mol. The number of aryl methyl sites for hydroxylation is 1. The van der Waals surface area contributed by atoms with Crippen molar-refractivity contribution in [2.45, 2.75) is 25.5 Å². The standard InChI is InChI=1S/C18H19N5OS2/c1-3-23-17(14-7-5-4-6-8-14)21-22-18(23)26-12-16(24)20-19-11-15-13(2)9-10-25-15/h4-11H,3,12H2,1-2H3,(H,20,24). The largest absolute Gasteiger partial charge is 0.302 e. The Morgan fingerprint density at radius 3 is 2.81 bits per heavy atom. The van der Waals surface area contributed by atoms with Crippen molar-refractivity contribution in [2.24, 2.45) is 5.10 Å². The summed E-state index contributed by atoms with van der Waals surface area (Å²) >= 11 is 2.94. The number of benzene rings is 1. The second-order valence-electron chi connectivity index (χ2n) is 5.47. The van der Waals surface area contributed by atoms with E-state index in [1.165, 1.54) is 11.8 Å². The van der Waals surface area contributed by atoms with Gasteiger partial charge in [0, 0.05) is 17.0 Å². The van der Waals surface area contributed by atoms with Gasteiger partial charge in [0.1, 0.15) is 0 Å². The fourth-order valence-corrected chi connectivity index (χ4v) is 3.90. The van der Waals surface area contributed by atoms with E-state index in [1.807, 2.05) is 60.2 Å². The predicted molar refractivity (Wildman–Crippen MR) is 107 cm³/mol. The van der Waals surface area contributed by atoms with Crippen LogP contribution in [0.4, 0.5) is 0 Å². The van der Waals surface area contributed by atoms with Crippen molar-refractivity contribution in [1.29, 1.82) is 0 Å². The highest BCUT2D eigenvalue weighted by atomic mass is 32.2. The molecule has 0 aliphatic rings. The van der Waals surface area contributed by atoms with Gasteiger partial charge >= 0.3 is 0 Å². The number of aromatic nitrogens is 3. The number of hydrazone groups is 1. The van der Waals surface area contributed by atoms with E-state index in [9.17, 15) is 4.79 Å². The van der Waals surface area contributed by atoms with Crippen LogP contribution in [0.2, 0.25) is 0 Å². The van der Waals surface area contributed by atoms with Gasteiger partial charge in [0.2, 0.25) is 0 Å². The van der Waals surface area contributed by atoms with Crippen LogP contribution in [0.25, 0.3) is 11.4 Å². The fraction of sp³-hybridized carbons (Fsp3) is 0.222. The van der Waals surface area contributed by atoms with Crippen LogP contribution in [0.5, 0.6) is 0 Å². The summed E-state index contributed by atoms with van der Waals surface area (Å²) in [5.41, 5.74) is 4.71. The maximum absolute atomic E-state index is 12.0. The Morgan fingerprint density at radius 1 is 1.31 bits per heavy atom. The number of nitrogens with zero attached hydrogens (tertiary/aromatic N) is 4. The number of hydrogen-bond acceptors (Lipinski definition) is 6. The number of rotatable bonds is 7. The molecule has 0 aliphatic heterocycles. The number of amides is 1. The Bertz CT molecular complexity index is 901. The first kappa shape index (κ1) is 18.3. The Hall–Kier alpha value is -2.45. The van der Waals surface area contributed by atoms with E-state index < -0.39 is 0 Å². The van der Waals surface area contributed by atoms with Crippen molar-refractivity contribution in [3.8, 4) is 11.4 Å². The van der Waals surface area contributed by atoms with Crippen molar-refractivity contribution in [1.82, 2.24) is 20.2 Å². The second kappa shape index (κ2) is 8.77. The third-order valence-corrected chi connectivity index (χ3v) is 5.59. The van der Waals surface area contributed by atoms with Gasteiger partial charge in [-0.1, -0.05) is 42.1 Å². The molecule has 0 fully saturated rings. The molecule has 0 bridgehead atoms. The molecule has 0 radical (unpaired) electrons. The molecule has 0 atom stereocenters. The van der Waals surface area contributed by atoms with Crippen LogP contribution >= 0.6 is 23.1 Å². The molecule has 26 heavy (non-hydrogen) atoms. The highest BCUT2D eigenvalue weighted by Gasteiger charge is 2.14. The van der Waals surface area contributed by atoms with Crippen LogP contribution in [0.15, 0.2) is 52.0 Å². The minimum absolute atomic E-state index is 0.174. The van der Waals surface area contributed by atoms with Crippen molar-refractivity contribution >= 4 is 35.2 Å². The molecule has 1 amide bonds. The molecule has 0 aliphatic carbocycles. The number of nitrogens with one attached hydrogen (secondary N) is 1. The molecule has 0 spiro atoms. The minimum atomic E-state index is -0.174. The lowest BCUT2D eigenvalue weighted by molar-refractivity contribution is -0.118. The summed E-state index contributed by atoms with van der Waals surface area (Å²) in [7, 11) is 0. The molecule has 1 aromatic carbocycles. The third-order valence-electron chi connectivity index (χ3n) is 3.67. The zero-order valence-electron chi connectivity index (χ0n) is 14.5. The topological polar surface area (TPSA) is 72.2 Å². The molecule has 6 nitrogen and oxygen atoms in total. The monoisotopic (exact) mass is 385 g/mol. The van der Waals surface area contributed by atoms with E-state index in [-0.39, 0.29) is 11.7 Å². The Kier molecular flexibility index (Phi) is 6.19. The van der Waals surface area contributed by atoms with Gasteiger partial charge in [-0.15, -0.1) is 21.5 Å². The van der Waals surface area contributed by atoms with Gasteiger partial charge in [0.05, 0.1) is 12.0 Å². The van der Waals surface area contributed by atoms with Gasteiger partial charge < -0.3 is 4.57 Å². The van der Waals surface area contributed by atoms with E-state index >= 15 is 0 Å². The molecule has 1 N–H and O–H groups in total. The first-order valence-electron chi connectivity index (χ1n) is 8.16. The van der Waals surface area contributed by atoms with Crippen LogP contribution in [-0.4, -0.2) is 32.6 Å². The van der Waals surface area contributed by atoms with Gasteiger partial charge in [-0.2, -0.15) is 5.10 Å². The predicted octanol–water partition coefficient (Wildman–Crippen LogP) is 3.58. The molecule has 0 saturated carbocycles. The molecule has 2 heterocycles. The van der Waals surface area contributed by atoms with Crippen LogP contribution < -0.4 is 5.43 Å². The van der Waals surface area contributed by atoms with Crippen LogP contribution in [0, 0.1) is 6.92 Å². The summed E-state index contributed by atoms with van der Waals surface area (Å²) < 4.78 is 2.01. The average Bonchev–Trinajstić information content (AvgIpc) is 3.26. The highest BCUT2D eigenvalue weighted by molar-refractivity contribution is 7.99. The van der Waals surface area contributed by atoms with Gasteiger partial charge in [-0.3, -0.25) is 4.79 Å². The Labute approximate surface area is 160 Å². The molecule has 3 rings (SSSR count). The van der Waals surface area contributed by atoms with Gasteiger partial charge in [0.15, 0.2) is 11.0 Å². The van der Waals surface area contributed by atoms with Crippen LogP contribution in [0.1, 0.15) is 17.4 Å². The van der Waals surface area contributed by atoms with Gasteiger partial charge in [-0.25, -0.2) is 5.43 Å². The molecule has 134 valence electrons. The lowest BCUT2D eigenvalue weighted by atomic mass is 10.2. The van der Waals surface area contributed by atoms with Crippen LogP contribution in [0.3, 0.4) is 0 Å². The quantitative estimate of drug-likeness (QED) is 0.383. The van der Waals surface area contributed by atoms with Crippen molar-refractivity contribution in [3.05, 3.63) is 52.2 Å². The van der Waals surface area contributed by atoms with Crippen molar-refractivity contribution in [3.63, 3.8) is 0 Å². The summed E-state index contributed by atoms with van der Waals surface area (Å²) in [6, 6.07) is 11.9. The Morgan fingerprint density at radius 2 is 2.12 bits per heavy atom. The SMILES string of the molecule is CCn1c(SCC(=O)NN=Cc2sccc2C)nnc1-c1ccccc1. The number of thioether (sulfide) groups is 1. The minimum Gasteiger partial charge on any atom is -0.302 e. The smallest absolute Gasteiger partial charge is 0.250 e.